The van der Waals surface area contributed by atoms with Crippen LogP contribution in [0, 0.1) is 5.82 Å². The summed E-state index contributed by atoms with van der Waals surface area (Å²) in [5.41, 5.74) is -2.81. The molecule has 1 aromatic heterocycles. The second kappa shape index (κ2) is 12.1. The number of carbonyl (C=O) groups excluding carboxylic acids is 1. The lowest BCUT2D eigenvalue weighted by Crippen LogP contribution is -2.42. The summed E-state index contributed by atoms with van der Waals surface area (Å²) >= 11 is 0. The minimum absolute atomic E-state index is 0.00770. The van der Waals surface area contributed by atoms with Crippen molar-refractivity contribution in [3.05, 3.63) is 117 Å². The smallest absolute Gasteiger partial charge is 0.460 e. The summed E-state index contributed by atoms with van der Waals surface area (Å²) in [5, 5.41) is 15.0. The number of nitrogens with zero attached hydrogens (tertiary/aromatic N) is 1. The second-order valence-corrected chi connectivity index (χ2v) is 12.4. The number of benzene rings is 3. The van der Waals surface area contributed by atoms with E-state index in [9.17, 15) is 28.4 Å². The van der Waals surface area contributed by atoms with E-state index in [0.717, 1.165) is 17.0 Å². The lowest BCUT2D eigenvalue weighted by atomic mass is 10.1. The fourth-order valence-electron chi connectivity index (χ4n) is 5.05. The van der Waals surface area contributed by atoms with Crippen LogP contribution >= 0.6 is 7.75 Å². The first kappa shape index (κ1) is 30.5. The Morgan fingerprint density at radius 1 is 1.13 bits per heavy atom. The van der Waals surface area contributed by atoms with Gasteiger partial charge in [-0.2, -0.15) is 9.48 Å². The molecule has 3 N–H and O–H groups in total. The van der Waals surface area contributed by atoms with Crippen molar-refractivity contribution >= 4 is 30.4 Å². The number of hydrogen-bond donors (Lipinski definition) is 3. The summed E-state index contributed by atoms with van der Waals surface area (Å²) in [4.78, 5) is 38.6. The molecule has 1 saturated carbocycles. The zero-order valence-corrected chi connectivity index (χ0v) is 24.8. The third kappa shape index (κ3) is 6.47. The van der Waals surface area contributed by atoms with E-state index in [4.69, 9.17) is 18.5 Å². The number of aromatic amines is 1. The van der Waals surface area contributed by atoms with E-state index in [2.05, 4.69) is 5.09 Å². The lowest BCUT2D eigenvalue weighted by molar-refractivity contribution is -0.146. The van der Waals surface area contributed by atoms with Crippen molar-refractivity contribution in [3.63, 3.8) is 0 Å². The maximum atomic E-state index is 14.6. The predicted molar refractivity (Wildman–Crippen MR) is 161 cm³/mol. The highest BCUT2D eigenvalue weighted by Crippen LogP contribution is 2.59. The molecule has 3 aromatic carbocycles. The van der Waals surface area contributed by atoms with Crippen LogP contribution in [0.3, 0.4) is 0 Å². The number of halogens is 1. The highest BCUT2D eigenvalue weighted by atomic mass is 31.2. The maximum Gasteiger partial charge on any atom is 0.460 e. The van der Waals surface area contributed by atoms with Crippen LogP contribution in [-0.2, 0) is 30.0 Å². The Kier molecular flexibility index (Phi) is 8.19. The number of hydrogen-bond acceptors (Lipinski definition) is 9. The van der Waals surface area contributed by atoms with Crippen LogP contribution < -0.4 is 20.9 Å². The van der Waals surface area contributed by atoms with Crippen molar-refractivity contribution in [1.29, 1.82) is 0 Å². The Balaban J connectivity index is 1.26. The normalized spacial score (nSPS) is 20.5. The summed E-state index contributed by atoms with van der Waals surface area (Å²) in [5.74, 6) is -1.99. The molecule has 4 atom stereocenters. The summed E-state index contributed by atoms with van der Waals surface area (Å²) in [7, 11) is -4.45. The van der Waals surface area contributed by atoms with Crippen molar-refractivity contribution in [2.75, 3.05) is 0 Å². The number of nitrogens with one attached hydrogen (secondary N) is 2. The molecule has 234 valence electrons. The van der Waals surface area contributed by atoms with Gasteiger partial charge in [-0.15, -0.1) is 0 Å². The van der Waals surface area contributed by atoms with Crippen LogP contribution in [0.25, 0.3) is 16.7 Å². The largest absolute Gasteiger partial charge is 0.469 e. The van der Waals surface area contributed by atoms with Crippen molar-refractivity contribution < 1.29 is 37.4 Å². The van der Waals surface area contributed by atoms with Gasteiger partial charge in [0, 0.05) is 11.5 Å². The average molecular weight is 638 g/mol. The summed E-state index contributed by atoms with van der Waals surface area (Å²) in [6.07, 6.45) is -0.239. The highest BCUT2D eigenvalue weighted by Gasteiger charge is 2.61. The van der Waals surface area contributed by atoms with Crippen molar-refractivity contribution in [2.45, 2.75) is 50.2 Å². The molecular weight excluding hydrogens is 608 g/mol. The third-order valence-corrected chi connectivity index (χ3v) is 9.21. The molecule has 2 heterocycles. The Morgan fingerprint density at radius 3 is 2.60 bits per heavy atom. The van der Waals surface area contributed by atoms with Gasteiger partial charge in [0.1, 0.15) is 30.1 Å². The first-order chi connectivity index (χ1) is 21.6. The number of H-pyrrole nitrogens is 1. The molecule has 0 amide bonds. The molecule has 1 unspecified atom stereocenters. The van der Waals surface area contributed by atoms with Gasteiger partial charge in [0.2, 0.25) is 11.7 Å². The van der Waals surface area contributed by atoms with Gasteiger partial charge in [-0.05, 0) is 36.8 Å². The van der Waals surface area contributed by atoms with Gasteiger partial charge in [-0.3, -0.25) is 19.1 Å². The molecule has 2 aliphatic rings. The molecule has 6 rings (SSSR count). The number of carbonyl (C=O) groups is 1. The minimum Gasteiger partial charge on any atom is -0.469 e. The first-order valence-electron chi connectivity index (χ1n) is 14.1. The minimum atomic E-state index is -4.45. The van der Waals surface area contributed by atoms with E-state index in [0.29, 0.717) is 16.2 Å². The number of aliphatic hydroxyl groups is 1. The van der Waals surface area contributed by atoms with Crippen molar-refractivity contribution in [3.8, 4) is 5.75 Å². The maximum absolute atomic E-state index is 14.6. The van der Waals surface area contributed by atoms with E-state index in [1.807, 2.05) is 41.4 Å². The van der Waals surface area contributed by atoms with E-state index < -0.39 is 54.6 Å². The average Bonchev–Trinajstić information content (AvgIpc) is 3.68. The van der Waals surface area contributed by atoms with Crippen LogP contribution in [0.4, 0.5) is 4.39 Å². The molecule has 4 aromatic rings. The number of ether oxygens (including phenoxy) is 2. The van der Waals surface area contributed by atoms with Crippen LogP contribution in [0.5, 0.6) is 5.75 Å². The molecule has 0 saturated heterocycles. The number of aromatic nitrogens is 2. The number of aliphatic hydroxyl groups excluding tert-OH is 1. The SMILES string of the molecule is C[C@H](N[P@](=O)(Oc1cccc2ccccc12)OC1([C@H]2OC(n3cc(F)c(=O)[nH]c3=O)=CC2O)CC1)C(=O)OCc1ccccc1. The molecule has 14 heteroatoms. The number of fused-ring (bicyclic) bond motifs is 1. The van der Waals surface area contributed by atoms with Crippen LogP contribution in [0.1, 0.15) is 25.3 Å². The summed E-state index contributed by atoms with van der Waals surface area (Å²) in [6, 6.07) is 20.3. The van der Waals surface area contributed by atoms with E-state index in [-0.39, 0.29) is 31.1 Å². The fourth-order valence-corrected chi connectivity index (χ4v) is 6.96. The highest BCUT2D eigenvalue weighted by molar-refractivity contribution is 7.52. The monoisotopic (exact) mass is 637 g/mol. The second-order valence-electron chi connectivity index (χ2n) is 10.8. The Bertz CT molecular complexity index is 1930. The van der Waals surface area contributed by atoms with Gasteiger partial charge < -0.3 is 19.1 Å². The third-order valence-electron chi connectivity index (χ3n) is 7.47. The number of rotatable bonds is 11. The van der Waals surface area contributed by atoms with Gasteiger partial charge in [-0.1, -0.05) is 66.7 Å². The molecule has 1 aliphatic carbocycles. The summed E-state index contributed by atoms with van der Waals surface area (Å²) < 4.78 is 52.7. The molecule has 1 fully saturated rings. The van der Waals surface area contributed by atoms with E-state index in [1.54, 1.807) is 36.4 Å². The van der Waals surface area contributed by atoms with E-state index >= 15 is 0 Å². The van der Waals surface area contributed by atoms with Gasteiger partial charge in [0.25, 0.3) is 5.56 Å². The van der Waals surface area contributed by atoms with Gasteiger partial charge >= 0.3 is 19.4 Å². The molecule has 1 aliphatic heterocycles. The standard InChI is InChI=1S/C31H29FN3O9P/c1-19(29(38)41-18-20-8-3-2-4-9-20)34-45(40,43-25-13-7-11-21-10-5-6-12-22(21)25)44-31(14-15-31)27-24(36)16-26(42-27)35-17-23(32)28(37)33-30(35)39/h2-13,16-17,19,24,27,36H,14-15,18H2,1H3,(H,34,40)(H,33,37,39)/t19-,24?,27-,45-/m0/s1. The van der Waals surface area contributed by atoms with Crippen molar-refractivity contribution in [1.82, 2.24) is 14.6 Å². The molecule has 45 heavy (non-hydrogen) atoms. The van der Waals surface area contributed by atoms with Crippen LogP contribution in [0.15, 0.2) is 94.7 Å². The fraction of sp³-hybridized carbons (Fsp3) is 0.258. The molecule has 12 nitrogen and oxygen atoms in total. The molecule has 0 radical (unpaired) electrons. The molecule has 0 spiro atoms. The van der Waals surface area contributed by atoms with Gasteiger partial charge in [0.15, 0.2) is 6.10 Å². The van der Waals surface area contributed by atoms with Crippen LogP contribution in [-0.4, -0.2) is 44.5 Å². The van der Waals surface area contributed by atoms with Crippen LogP contribution in [0.2, 0.25) is 0 Å². The molecular formula is C31H29FN3O9P. The Morgan fingerprint density at radius 2 is 1.84 bits per heavy atom. The zero-order valence-electron chi connectivity index (χ0n) is 23.9. The first-order valence-corrected chi connectivity index (χ1v) is 15.6. The van der Waals surface area contributed by atoms with Crippen molar-refractivity contribution in [2.24, 2.45) is 0 Å². The van der Waals surface area contributed by atoms with Gasteiger partial charge in [-0.25, -0.2) is 13.9 Å². The lowest BCUT2D eigenvalue weighted by Gasteiger charge is -2.31. The Hall–Kier alpha value is -4.55. The predicted octanol–water partition coefficient (Wildman–Crippen LogP) is 3.84. The zero-order chi connectivity index (χ0) is 31.8. The Labute approximate surface area is 255 Å². The van der Waals surface area contributed by atoms with E-state index in [1.165, 1.54) is 6.92 Å². The molecule has 0 bridgehead atoms. The number of esters is 1. The van der Waals surface area contributed by atoms with Gasteiger partial charge in [0.05, 0.1) is 6.20 Å². The quantitative estimate of drug-likeness (QED) is 0.163. The topological polar surface area (TPSA) is 158 Å². The summed E-state index contributed by atoms with van der Waals surface area (Å²) in [6.45, 7) is 1.44.